The first-order valence-corrected chi connectivity index (χ1v) is 6.96. The first-order chi connectivity index (χ1) is 10.7. The molecule has 0 amide bonds. The summed E-state index contributed by atoms with van der Waals surface area (Å²) in [6.45, 7) is 2.03. The molecule has 0 radical (unpaired) electrons. The van der Waals surface area contributed by atoms with Crippen LogP contribution in [-0.4, -0.2) is 25.4 Å². The molecule has 1 atom stereocenters. The Morgan fingerprint density at radius 1 is 1.41 bits per heavy atom. The number of rotatable bonds is 5. The van der Waals surface area contributed by atoms with E-state index in [0.29, 0.717) is 6.42 Å². The number of hydrogen-bond acceptors (Lipinski definition) is 3. The Labute approximate surface area is 127 Å². The Bertz CT molecular complexity index is 830. The number of nitrogens with zero attached hydrogens (tertiary/aromatic N) is 4. The number of hydrogen-bond donors (Lipinski definition) is 0. The van der Waals surface area contributed by atoms with Gasteiger partial charge in [0.25, 0.3) is 0 Å². The summed E-state index contributed by atoms with van der Waals surface area (Å²) in [6, 6.07) is 7.48. The number of halogens is 1. The fourth-order valence-electron chi connectivity index (χ4n) is 2.19. The molecule has 0 aliphatic carbocycles. The Hall–Kier alpha value is -2.65. The maximum atomic E-state index is 14.2. The maximum absolute atomic E-state index is 14.2. The zero-order valence-electron chi connectivity index (χ0n) is 12.1. The summed E-state index contributed by atoms with van der Waals surface area (Å²) >= 11 is 0. The minimum Gasteiger partial charge on any atom is -0.343 e. The van der Waals surface area contributed by atoms with Gasteiger partial charge in [-0.2, -0.15) is 0 Å². The predicted octanol–water partition coefficient (Wildman–Crippen LogP) is 2.75. The molecule has 2 heterocycles. The number of ether oxygens (including phenoxy) is 1. The molecule has 5 nitrogen and oxygen atoms in total. The highest BCUT2D eigenvalue weighted by molar-refractivity contribution is 5.76. The number of fused-ring (bicyclic) bond motifs is 1. The zero-order chi connectivity index (χ0) is 15.5. The van der Waals surface area contributed by atoms with E-state index in [9.17, 15) is 4.39 Å². The summed E-state index contributed by atoms with van der Waals surface area (Å²) in [6.07, 6.45) is 8.56. The molecule has 6 heteroatoms. The van der Waals surface area contributed by atoms with E-state index in [1.807, 2.05) is 31.2 Å². The summed E-state index contributed by atoms with van der Waals surface area (Å²) in [5.74, 6) is 2.27. The normalized spacial score (nSPS) is 12.4. The molecule has 0 aliphatic heterocycles. The van der Waals surface area contributed by atoms with Gasteiger partial charge in [0.2, 0.25) is 0 Å². The smallest absolute Gasteiger partial charge is 0.196 e. The number of imidazole rings is 1. The van der Waals surface area contributed by atoms with Crippen molar-refractivity contribution in [3.63, 3.8) is 0 Å². The molecule has 3 rings (SSSR count). The average molecular weight is 298 g/mol. The maximum Gasteiger partial charge on any atom is 0.196 e. The van der Waals surface area contributed by atoms with Crippen molar-refractivity contribution in [2.45, 2.75) is 26.2 Å². The second-order valence-corrected chi connectivity index (χ2v) is 4.80. The van der Waals surface area contributed by atoms with Crippen LogP contribution in [0, 0.1) is 18.2 Å². The molecule has 0 saturated heterocycles. The van der Waals surface area contributed by atoms with Crippen LogP contribution in [0.4, 0.5) is 4.39 Å². The molecule has 1 unspecified atom stereocenters. The SMILES string of the molecule is C#CC(CC)OCn1cc(F)c(-n2cnc3ccccc32)n1. The van der Waals surface area contributed by atoms with Crippen LogP contribution in [0.15, 0.2) is 36.8 Å². The van der Waals surface area contributed by atoms with Crippen LogP contribution >= 0.6 is 0 Å². The van der Waals surface area contributed by atoms with Gasteiger partial charge in [-0.3, -0.25) is 4.57 Å². The number of aromatic nitrogens is 4. The number of para-hydroxylation sites is 2. The summed E-state index contributed by atoms with van der Waals surface area (Å²) in [4.78, 5) is 4.24. The molecule has 22 heavy (non-hydrogen) atoms. The van der Waals surface area contributed by atoms with Crippen molar-refractivity contribution >= 4 is 11.0 Å². The first kappa shape index (κ1) is 14.3. The van der Waals surface area contributed by atoms with Crippen molar-refractivity contribution in [1.29, 1.82) is 0 Å². The third-order valence-electron chi connectivity index (χ3n) is 3.35. The third-order valence-corrected chi connectivity index (χ3v) is 3.35. The van der Waals surface area contributed by atoms with Crippen LogP contribution in [0.2, 0.25) is 0 Å². The van der Waals surface area contributed by atoms with Gasteiger partial charge in [0.05, 0.1) is 17.2 Å². The Morgan fingerprint density at radius 3 is 3.00 bits per heavy atom. The van der Waals surface area contributed by atoms with E-state index in [1.165, 1.54) is 10.9 Å². The van der Waals surface area contributed by atoms with Crippen LogP contribution in [-0.2, 0) is 11.5 Å². The fraction of sp³-hybridized carbons (Fsp3) is 0.250. The van der Waals surface area contributed by atoms with Gasteiger partial charge in [0, 0.05) is 0 Å². The van der Waals surface area contributed by atoms with E-state index in [0.717, 1.165) is 11.0 Å². The van der Waals surface area contributed by atoms with Crippen LogP contribution in [0.3, 0.4) is 0 Å². The summed E-state index contributed by atoms with van der Waals surface area (Å²) in [5, 5.41) is 4.21. The monoisotopic (exact) mass is 298 g/mol. The van der Waals surface area contributed by atoms with E-state index in [1.54, 1.807) is 10.9 Å². The lowest BCUT2D eigenvalue weighted by molar-refractivity contribution is 0.0309. The topological polar surface area (TPSA) is 44.9 Å². The number of benzene rings is 1. The van der Waals surface area contributed by atoms with E-state index in [4.69, 9.17) is 11.2 Å². The van der Waals surface area contributed by atoms with E-state index in [2.05, 4.69) is 16.0 Å². The van der Waals surface area contributed by atoms with Crippen LogP contribution in [0.25, 0.3) is 16.9 Å². The van der Waals surface area contributed by atoms with Crippen LogP contribution < -0.4 is 0 Å². The second-order valence-electron chi connectivity index (χ2n) is 4.80. The van der Waals surface area contributed by atoms with E-state index < -0.39 is 5.82 Å². The van der Waals surface area contributed by atoms with Crippen LogP contribution in [0.1, 0.15) is 13.3 Å². The minimum atomic E-state index is -0.444. The predicted molar refractivity (Wildman–Crippen MR) is 80.8 cm³/mol. The lowest BCUT2D eigenvalue weighted by Crippen LogP contribution is -2.13. The zero-order valence-corrected chi connectivity index (χ0v) is 12.1. The van der Waals surface area contributed by atoms with Gasteiger partial charge in [0.1, 0.15) is 19.2 Å². The van der Waals surface area contributed by atoms with E-state index >= 15 is 0 Å². The average Bonchev–Trinajstić information content (AvgIpc) is 3.11. The molecule has 0 fully saturated rings. The van der Waals surface area contributed by atoms with Gasteiger partial charge >= 0.3 is 0 Å². The van der Waals surface area contributed by atoms with Gasteiger partial charge in [-0.05, 0) is 18.6 Å². The Balaban J connectivity index is 1.88. The number of terminal acetylenes is 1. The molecule has 0 bridgehead atoms. The van der Waals surface area contributed by atoms with Gasteiger partial charge in [-0.15, -0.1) is 11.5 Å². The molecule has 2 aromatic heterocycles. The highest BCUT2D eigenvalue weighted by atomic mass is 19.1. The van der Waals surface area contributed by atoms with Crippen LogP contribution in [0.5, 0.6) is 0 Å². The van der Waals surface area contributed by atoms with Crippen molar-refractivity contribution in [2.75, 3.05) is 0 Å². The molecular formula is C16H15FN4O. The van der Waals surface area contributed by atoms with Gasteiger partial charge < -0.3 is 4.74 Å². The fourth-order valence-corrected chi connectivity index (χ4v) is 2.19. The van der Waals surface area contributed by atoms with Crippen molar-refractivity contribution in [3.05, 3.63) is 42.6 Å². The molecule has 1 aromatic carbocycles. The molecular weight excluding hydrogens is 283 g/mol. The van der Waals surface area contributed by atoms with Gasteiger partial charge in [0.15, 0.2) is 11.6 Å². The molecule has 0 saturated carbocycles. The summed E-state index contributed by atoms with van der Waals surface area (Å²) in [5.41, 5.74) is 1.58. The van der Waals surface area contributed by atoms with Gasteiger partial charge in [-0.1, -0.05) is 25.0 Å². The van der Waals surface area contributed by atoms with Crippen molar-refractivity contribution in [1.82, 2.24) is 19.3 Å². The second kappa shape index (κ2) is 6.00. The quantitative estimate of drug-likeness (QED) is 0.680. The first-order valence-electron chi connectivity index (χ1n) is 6.96. The summed E-state index contributed by atoms with van der Waals surface area (Å²) in [7, 11) is 0. The highest BCUT2D eigenvalue weighted by Crippen LogP contribution is 2.18. The Morgan fingerprint density at radius 2 is 2.23 bits per heavy atom. The van der Waals surface area contributed by atoms with Crippen molar-refractivity contribution < 1.29 is 9.13 Å². The molecule has 0 spiro atoms. The molecule has 3 aromatic rings. The van der Waals surface area contributed by atoms with Gasteiger partial charge in [-0.25, -0.2) is 14.1 Å². The van der Waals surface area contributed by atoms with E-state index in [-0.39, 0.29) is 18.7 Å². The summed E-state index contributed by atoms with van der Waals surface area (Å²) < 4.78 is 22.6. The Kier molecular flexibility index (Phi) is 3.90. The lowest BCUT2D eigenvalue weighted by Gasteiger charge is -2.09. The molecule has 0 aliphatic rings. The van der Waals surface area contributed by atoms with Crippen molar-refractivity contribution in [2.24, 2.45) is 0 Å². The third kappa shape index (κ3) is 2.59. The highest BCUT2D eigenvalue weighted by Gasteiger charge is 2.14. The standard InChI is InChI=1S/C16H15FN4O/c1-3-12(4-2)22-11-20-9-13(17)16(19-20)21-10-18-14-7-5-6-8-15(14)21/h1,5-10,12H,4,11H2,2H3. The molecule has 0 N–H and O–H groups in total. The molecule has 112 valence electrons. The van der Waals surface area contributed by atoms with Crippen molar-refractivity contribution in [3.8, 4) is 18.2 Å². The minimum absolute atomic E-state index is 0.103. The lowest BCUT2D eigenvalue weighted by atomic mass is 10.3. The largest absolute Gasteiger partial charge is 0.343 e.